The smallest absolute Gasteiger partial charge is 0.157 e. The maximum Gasteiger partial charge on any atom is 0.157 e. The fourth-order valence-corrected chi connectivity index (χ4v) is 4.04. The van der Waals surface area contributed by atoms with Crippen molar-refractivity contribution in [3.63, 3.8) is 0 Å². The average Bonchev–Trinajstić information content (AvgIpc) is 3.07. The molecule has 1 unspecified atom stereocenters. The molecule has 0 spiro atoms. The number of rotatable bonds is 4. The van der Waals surface area contributed by atoms with Crippen LogP contribution >= 0.6 is 11.8 Å². The third kappa shape index (κ3) is 2.69. The van der Waals surface area contributed by atoms with E-state index in [-0.39, 0.29) is 0 Å². The first-order chi connectivity index (χ1) is 9.65. The van der Waals surface area contributed by atoms with Gasteiger partial charge in [-0.15, -0.1) is 0 Å². The SMILES string of the molecule is CC(C)n1ncc2cc(CN(C)C3CCSC3)cnc21. The molecule has 0 amide bonds. The Kier molecular flexibility index (Phi) is 3.98. The van der Waals surface area contributed by atoms with Gasteiger partial charge in [-0.25, -0.2) is 9.67 Å². The molecule has 1 atom stereocenters. The Labute approximate surface area is 124 Å². The molecule has 3 heterocycles. The molecule has 4 nitrogen and oxygen atoms in total. The normalized spacial score (nSPS) is 19.6. The third-order valence-corrected chi connectivity index (χ3v) is 5.08. The monoisotopic (exact) mass is 290 g/mol. The first-order valence-electron chi connectivity index (χ1n) is 7.25. The van der Waals surface area contributed by atoms with Gasteiger partial charge in [-0.2, -0.15) is 16.9 Å². The first-order valence-corrected chi connectivity index (χ1v) is 8.40. The van der Waals surface area contributed by atoms with E-state index in [1.807, 2.05) is 17.1 Å². The second-order valence-electron chi connectivity index (χ2n) is 5.87. The van der Waals surface area contributed by atoms with Crippen molar-refractivity contribution in [1.29, 1.82) is 0 Å². The number of hydrogen-bond acceptors (Lipinski definition) is 4. The van der Waals surface area contributed by atoms with Crippen LogP contribution in [0.1, 0.15) is 31.9 Å². The van der Waals surface area contributed by atoms with Crippen LogP contribution in [0.3, 0.4) is 0 Å². The molecule has 1 saturated heterocycles. The standard InChI is InChI=1S/C15H22N4S/c1-11(2)19-15-13(8-17-19)6-12(7-16-15)9-18(3)14-4-5-20-10-14/h6-8,11,14H,4-5,9-10H2,1-3H3. The van der Waals surface area contributed by atoms with Crippen molar-refractivity contribution in [3.8, 4) is 0 Å². The van der Waals surface area contributed by atoms with Gasteiger partial charge in [-0.05, 0) is 44.7 Å². The predicted octanol–water partition coefficient (Wildman–Crippen LogP) is 2.95. The lowest BCUT2D eigenvalue weighted by Gasteiger charge is -2.23. The van der Waals surface area contributed by atoms with E-state index in [0.29, 0.717) is 12.1 Å². The molecular formula is C15H22N4S. The van der Waals surface area contributed by atoms with Crippen molar-refractivity contribution in [2.45, 2.75) is 38.9 Å². The van der Waals surface area contributed by atoms with Gasteiger partial charge in [0.15, 0.2) is 5.65 Å². The molecule has 2 aromatic rings. The Morgan fingerprint density at radius 1 is 1.45 bits per heavy atom. The fraction of sp³-hybridized carbons (Fsp3) is 0.600. The largest absolute Gasteiger partial charge is 0.298 e. The van der Waals surface area contributed by atoms with Gasteiger partial charge in [0.05, 0.1) is 6.20 Å². The van der Waals surface area contributed by atoms with Gasteiger partial charge < -0.3 is 0 Å². The molecule has 5 heteroatoms. The van der Waals surface area contributed by atoms with E-state index >= 15 is 0 Å². The molecule has 0 aromatic carbocycles. The van der Waals surface area contributed by atoms with Gasteiger partial charge in [0.1, 0.15) is 0 Å². The highest BCUT2D eigenvalue weighted by molar-refractivity contribution is 7.99. The summed E-state index contributed by atoms with van der Waals surface area (Å²) < 4.78 is 1.98. The van der Waals surface area contributed by atoms with Crippen molar-refractivity contribution >= 4 is 22.8 Å². The van der Waals surface area contributed by atoms with Crippen molar-refractivity contribution in [1.82, 2.24) is 19.7 Å². The Morgan fingerprint density at radius 2 is 2.30 bits per heavy atom. The van der Waals surface area contributed by atoms with Gasteiger partial charge in [0.25, 0.3) is 0 Å². The number of thioether (sulfide) groups is 1. The number of pyridine rings is 1. The molecule has 0 radical (unpaired) electrons. The van der Waals surface area contributed by atoms with Crippen LogP contribution in [0.2, 0.25) is 0 Å². The minimum absolute atomic E-state index is 0.351. The van der Waals surface area contributed by atoms with Crippen LogP contribution in [0.5, 0.6) is 0 Å². The summed E-state index contributed by atoms with van der Waals surface area (Å²) in [6.07, 6.45) is 5.24. The minimum atomic E-state index is 0.351. The quantitative estimate of drug-likeness (QED) is 0.867. The molecule has 0 saturated carbocycles. The minimum Gasteiger partial charge on any atom is -0.298 e. The highest BCUT2D eigenvalue weighted by Crippen LogP contribution is 2.23. The fourth-order valence-electron chi connectivity index (χ4n) is 2.74. The predicted molar refractivity (Wildman–Crippen MR) is 85.1 cm³/mol. The van der Waals surface area contributed by atoms with Gasteiger partial charge >= 0.3 is 0 Å². The highest BCUT2D eigenvalue weighted by atomic mass is 32.2. The molecule has 1 fully saturated rings. The van der Waals surface area contributed by atoms with E-state index < -0.39 is 0 Å². The van der Waals surface area contributed by atoms with Crippen LogP contribution < -0.4 is 0 Å². The van der Waals surface area contributed by atoms with E-state index in [4.69, 9.17) is 0 Å². The lowest BCUT2D eigenvalue weighted by Crippen LogP contribution is -2.30. The molecule has 0 bridgehead atoms. The summed E-state index contributed by atoms with van der Waals surface area (Å²) in [5.41, 5.74) is 2.27. The Balaban J connectivity index is 1.79. The highest BCUT2D eigenvalue weighted by Gasteiger charge is 2.20. The molecule has 2 aromatic heterocycles. The van der Waals surface area contributed by atoms with Crippen molar-refractivity contribution < 1.29 is 0 Å². The molecule has 3 rings (SSSR count). The summed E-state index contributed by atoms with van der Waals surface area (Å²) in [5, 5.41) is 5.57. The Bertz CT molecular complexity index is 587. The van der Waals surface area contributed by atoms with Gasteiger partial charge in [0.2, 0.25) is 0 Å². The zero-order valence-corrected chi connectivity index (χ0v) is 13.2. The molecule has 20 heavy (non-hydrogen) atoms. The van der Waals surface area contributed by atoms with Gasteiger partial charge in [-0.3, -0.25) is 4.90 Å². The van der Waals surface area contributed by atoms with E-state index in [1.54, 1.807) is 0 Å². The summed E-state index contributed by atoms with van der Waals surface area (Å²) in [4.78, 5) is 7.06. The first kappa shape index (κ1) is 13.9. The number of aromatic nitrogens is 3. The van der Waals surface area contributed by atoms with Crippen molar-refractivity contribution in [2.24, 2.45) is 0 Å². The zero-order chi connectivity index (χ0) is 14.1. The maximum absolute atomic E-state index is 4.61. The van der Waals surface area contributed by atoms with Gasteiger partial charge in [-0.1, -0.05) is 0 Å². The number of fused-ring (bicyclic) bond motifs is 1. The van der Waals surface area contributed by atoms with E-state index in [2.05, 4.69) is 53.7 Å². The maximum atomic E-state index is 4.61. The molecule has 108 valence electrons. The second-order valence-corrected chi connectivity index (χ2v) is 7.02. The Morgan fingerprint density at radius 3 is 3.00 bits per heavy atom. The van der Waals surface area contributed by atoms with Crippen molar-refractivity contribution in [2.75, 3.05) is 18.6 Å². The summed E-state index contributed by atoms with van der Waals surface area (Å²) in [5.74, 6) is 2.56. The van der Waals surface area contributed by atoms with Crippen LogP contribution in [0.15, 0.2) is 18.5 Å². The van der Waals surface area contributed by atoms with Gasteiger partial charge in [0, 0.05) is 36.0 Å². The Hall–Kier alpha value is -1.07. The lowest BCUT2D eigenvalue weighted by atomic mass is 10.2. The second kappa shape index (κ2) is 5.74. The van der Waals surface area contributed by atoms with E-state index in [1.165, 1.54) is 23.5 Å². The van der Waals surface area contributed by atoms with Crippen LogP contribution in [0.4, 0.5) is 0 Å². The van der Waals surface area contributed by atoms with Crippen LogP contribution in [0, 0.1) is 0 Å². The number of hydrogen-bond donors (Lipinski definition) is 0. The molecule has 0 N–H and O–H groups in total. The van der Waals surface area contributed by atoms with Crippen LogP contribution in [-0.2, 0) is 6.54 Å². The average molecular weight is 290 g/mol. The third-order valence-electron chi connectivity index (χ3n) is 3.94. The topological polar surface area (TPSA) is 34.0 Å². The summed E-state index contributed by atoms with van der Waals surface area (Å²) >= 11 is 2.06. The summed E-state index contributed by atoms with van der Waals surface area (Å²) in [6.45, 7) is 5.24. The lowest BCUT2D eigenvalue weighted by molar-refractivity contribution is 0.254. The number of nitrogens with zero attached hydrogens (tertiary/aromatic N) is 4. The van der Waals surface area contributed by atoms with Crippen molar-refractivity contribution in [3.05, 3.63) is 24.0 Å². The molecule has 1 aliphatic rings. The molecular weight excluding hydrogens is 268 g/mol. The van der Waals surface area contributed by atoms with E-state index in [9.17, 15) is 0 Å². The summed E-state index contributed by atoms with van der Waals surface area (Å²) in [7, 11) is 2.22. The van der Waals surface area contributed by atoms with Crippen LogP contribution in [-0.4, -0.2) is 44.3 Å². The molecule has 1 aliphatic heterocycles. The molecule has 0 aliphatic carbocycles. The van der Waals surface area contributed by atoms with Crippen LogP contribution in [0.25, 0.3) is 11.0 Å². The van der Waals surface area contributed by atoms with E-state index in [0.717, 1.165) is 17.6 Å². The zero-order valence-electron chi connectivity index (χ0n) is 12.4. The summed E-state index contributed by atoms with van der Waals surface area (Å²) in [6, 6.07) is 3.30.